The lowest BCUT2D eigenvalue weighted by molar-refractivity contribution is 0.0602. The number of hydrazone groups is 1. The molecule has 0 fully saturated rings. The zero-order valence-electron chi connectivity index (χ0n) is 12.3. The predicted octanol–water partition coefficient (Wildman–Crippen LogP) is 1.86. The van der Waals surface area contributed by atoms with Crippen molar-refractivity contribution in [3.63, 3.8) is 0 Å². The van der Waals surface area contributed by atoms with Gasteiger partial charge in [0, 0.05) is 0 Å². The second-order valence-corrected chi connectivity index (χ2v) is 6.78. The molecule has 122 valence electrons. The topological polar surface area (TPSA) is 94.1 Å². The summed E-state index contributed by atoms with van der Waals surface area (Å²) in [6, 6.07) is 8.22. The van der Waals surface area contributed by atoms with E-state index in [1.807, 2.05) is 0 Å². The third-order valence-corrected chi connectivity index (χ3v) is 5.08. The Bertz CT molecular complexity index is 810. The molecule has 2 rings (SSSR count). The first-order valence-corrected chi connectivity index (χ1v) is 8.69. The number of sulfonamides is 1. The fraction of sp³-hybridized carbons (Fsp3) is 0.143. The molecule has 1 N–H and O–H groups in total. The SMILES string of the molecule is COC(=O)c1sccc1S(=O)(=O)N/N=C/c1ccc(OC)cc1. The van der Waals surface area contributed by atoms with Crippen LogP contribution in [0.5, 0.6) is 5.75 Å². The number of carbonyl (C=O) groups excluding carboxylic acids is 1. The highest BCUT2D eigenvalue weighted by Crippen LogP contribution is 2.22. The van der Waals surface area contributed by atoms with Gasteiger partial charge in [-0.05, 0) is 41.3 Å². The lowest BCUT2D eigenvalue weighted by Gasteiger charge is -2.04. The van der Waals surface area contributed by atoms with E-state index in [1.54, 1.807) is 31.4 Å². The summed E-state index contributed by atoms with van der Waals surface area (Å²) in [5.74, 6) is -0.0248. The molecule has 0 saturated carbocycles. The quantitative estimate of drug-likeness (QED) is 0.485. The molecule has 0 aliphatic heterocycles. The van der Waals surface area contributed by atoms with E-state index < -0.39 is 16.0 Å². The van der Waals surface area contributed by atoms with Crippen LogP contribution in [0.1, 0.15) is 15.2 Å². The predicted molar refractivity (Wildman–Crippen MR) is 86.6 cm³/mol. The van der Waals surface area contributed by atoms with E-state index >= 15 is 0 Å². The van der Waals surface area contributed by atoms with Gasteiger partial charge in [-0.2, -0.15) is 13.5 Å². The molecule has 0 bridgehead atoms. The Hall–Kier alpha value is -2.39. The van der Waals surface area contributed by atoms with Gasteiger partial charge >= 0.3 is 5.97 Å². The average Bonchev–Trinajstić information content (AvgIpc) is 3.05. The zero-order valence-corrected chi connectivity index (χ0v) is 14.0. The molecule has 7 nitrogen and oxygen atoms in total. The number of ether oxygens (including phenoxy) is 2. The van der Waals surface area contributed by atoms with Crippen LogP contribution in [0.4, 0.5) is 0 Å². The molecule has 0 saturated heterocycles. The normalized spacial score (nSPS) is 11.4. The molecular formula is C14H14N2O5S2. The number of thiophene rings is 1. The van der Waals surface area contributed by atoms with Crippen molar-refractivity contribution in [2.45, 2.75) is 4.90 Å². The molecule has 0 atom stereocenters. The molecule has 0 aliphatic carbocycles. The van der Waals surface area contributed by atoms with Gasteiger partial charge in [-0.25, -0.2) is 9.63 Å². The van der Waals surface area contributed by atoms with Crippen LogP contribution in [-0.4, -0.2) is 34.8 Å². The smallest absolute Gasteiger partial charge is 0.349 e. The largest absolute Gasteiger partial charge is 0.497 e. The second-order valence-electron chi connectivity index (χ2n) is 4.23. The number of rotatable bonds is 6. The van der Waals surface area contributed by atoms with Crippen molar-refractivity contribution < 1.29 is 22.7 Å². The van der Waals surface area contributed by atoms with Gasteiger partial charge in [-0.15, -0.1) is 11.3 Å². The molecular weight excluding hydrogens is 340 g/mol. The minimum atomic E-state index is -3.95. The van der Waals surface area contributed by atoms with Crippen LogP contribution >= 0.6 is 11.3 Å². The summed E-state index contributed by atoms with van der Waals surface area (Å²) in [4.78, 5) is 13.4. The third-order valence-electron chi connectivity index (χ3n) is 2.79. The number of esters is 1. The van der Waals surface area contributed by atoms with E-state index in [4.69, 9.17) is 4.74 Å². The van der Waals surface area contributed by atoms with Crippen LogP contribution < -0.4 is 9.57 Å². The minimum Gasteiger partial charge on any atom is -0.497 e. The molecule has 2 aromatic rings. The summed E-state index contributed by atoms with van der Waals surface area (Å²) in [5.41, 5.74) is 0.687. The molecule has 0 unspecified atom stereocenters. The first-order valence-electron chi connectivity index (χ1n) is 6.32. The number of hydrogen-bond acceptors (Lipinski definition) is 7. The van der Waals surface area contributed by atoms with E-state index in [0.717, 1.165) is 11.3 Å². The molecule has 1 aromatic carbocycles. The number of nitrogens with zero attached hydrogens (tertiary/aromatic N) is 1. The summed E-state index contributed by atoms with van der Waals surface area (Å²) in [6.07, 6.45) is 1.35. The number of benzene rings is 1. The van der Waals surface area contributed by atoms with Gasteiger partial charge in [0.15, 0.2) is 0 Å². The van der Waals surface area contributed by atoms with E-state index in [9.17, 15) is 13.2 Å². The second kappa shape index (κ2) is 7.25. The summed E-state index contributed by atoms with van der Waals surface area (Å²) in [5, 5.41) is 5.19. The number of methoxy groups -OCH3 is 2. The van der Waals surface area contributed by atoms with Gasteiger partial charge in [-0.1, -0.05) is 0 Å². The van der Waals surface area contributed by atoms with Crippen LogP contribution in [0.3, 0.4) is 0 Å². The van der Waals surface area contributed by atoms with Crippen molar-refractivity contribution in [2.24, 2.45) is 5.10 Å². The fourth-order valence-electron chi connectivity index (χ4n) is 1.66. The molecule has 0 radical (unpaired) electrons. The average molecular weight is 354 g/mol. The highest BCUT2D eigenvalue weighted by atomic mass is 32.2. The highest BCUT2D eigenvalue weighted by Gasteiger charge is 2.24. The van der Waals surface area contributed by atoms with Gasteiger partial charge in [0.25, 0.3) is 10.0 Å². The first-order chi connectivity index (χ1) is 11.0. The third kappa shape index (κ3) is 4.08. The Kier molecular flexibility index (Phi) is 5.35. The maximum Gasteiger partial charge on any atom is 0.349 e. The van der Waals surface area contributed by atoms with E-state index in [0.29, 0.717) is 11.3 Å². The van der Waals surface area contributed by atoms with Crippen molar-refractivity contribution in [3.8, 4) is 5.75 Å². The molecule has 0 aliphatic rings. The van der Waals surface area contributed by atoms with Crippen LogP contribution in [0, 0.1) is 0 Å². The zero-order chi connectivity index (χ0) is 16.9. The summed E-state index contributed by atoms with van der Waals surface area (Å²) >= 11 is 0.984. The highest BCUT2D eigenvalue weighted by molar-refractivity contribution is 7.89. The van der Waals surface area contributed by atoms with E-state index in [2.05, 4.69) is 14.7 Å². The lowest BCUT2D eigenvalue weighted by Crippen LogP contribution is -2.20. The number of nitrogens with one attached hydrogen (secondary N) is 1. The van der Waals surface area contributed by atoms with E-state index in [-0.39, 0.29) is 9.77 Å². The van der Waals surface area contributed by atoms with Gasteiger partial charge < -0.3 is 9.47 Å². The molecule has 23 heavy (non-hydrogen) atoms. The van der Waals surface area contributed by atoms with Crippen molar-refractivity contribution in [1.29, 1.82) is 0 Å². The summed E-state index contributed by atoms with van der Waals surface area (Å²) in [6.45, 7) is 0. The number of hydrogen-bond donors (Lipinski definition) is 1. The minimum absolute atomic E-state index is 0.000326. The van der Waals surface area contributed by atoms with Crippen LogP contribution in [0.2, 0.25) is 0 Å². The monoisotopic (exact) mass is 354 g/mol. The van der Waals surface area contributed by atoms with E-state index in [1.165, 1.54) is 24.8 Å². The van der Waals surface area contributed by atoms with Crippen LogP contribution in [0.15, 0.2) is 45.7 Å². The fourth-order valence-corrected chi connectivity index (χ4v) is 3.79. The molecule has 9 heteroatoms. The van der Waals surface area contributed by atoms with Crippen LogP contribution in [-0.2, 0) is 14.8 Å². The molecule has 1 aromatic heterocycles. The maximum absolute atomic E-state index is 12.2. The summed E-state index contributed by atoms with van der Waals surface area (Å²) in [7, 11) is -1.21. The maximum atomic E-state index is 12.2. The molecule has 0 amide bonds. The Morgan fingerprint density at radius 3 is 2.52 bits per heavy atom. The van der Waals surface area contributed by atoms with Gasteiger partial charge in [0.2, 0.25) is 0 Å². The van der Waals surface area contributed by atoms with Crippen molar-refractivity contribution in [1.82, 2.24) is 4.83 Å². The standard InChI is InChI=1S/C14H14N2O5S2/c1-20-11-5-3-10(4-6-11)9-15-16-23(18,19)12-7-8-22-13(12)14(17)21-2/h3-9,16H,1-2H3/b15-9+. The Balaban J connectivity index is 2.14. The van der Waals surface area contributed by atoms with Gasteiger partial charge in [0.1, 0.15) is 15.5 Å². The Morgan fingerprint density at radius 2 is 1.91 bits per heavy atom. The Morgan fingerprint density at radius 1 is 1.22 bits per heavy atom. The van der Waals surface area contributed by atoms with Crippen molar-refractivity contribution >= 4 is 33.5 Å². The van der Waals surface area contributed by atoms with Crippen molar-refractivity contribution in [2.75, 3.05) is 14.2 Å². The number of carbonyl (C=O) groups is 1. The van der Waals surface area contributed by atoms with Gasteiger partial charge in [-0.3, -0.25) is 0 Å². The molecule has 0 spiro atoms. The Labute approximate surface area is 137 Å². The lowest BCUT2D eigenvalue weighted by atomic mass is 10.2. The van der Waals surface area contributed by atoms with Crippen molar-refractivity contribution in [3.05, 3.63) is 46.2 Å². The summed E-state index contributed by atoms with van der Waals surface area (Å²) < 4.78 is 33.9. The van der Waals surface area contributed by atoms with Gasteiger partial charge in [0.05, 0.1) is 20.4 Å². The molecule has 1 heterocycles. The van der Waals surface area contributed by atoms with Crippen LogP contribution in [0.25, 0.3) is 0 Å². The first kappa shape index (κ1) is 17.0.